The summed E-state index contributed by atoms with van der Waals surface area (Å²) in [4.78, 5) is 35.2. The van der Waals surface area contributed by atoms with Crippen LogP contribution in [0.3, 0.4) is 0 Å². The van der Waals surface area contributed by atoms with E-state index in [0.717, 1.165) is 16.8 Å². The summed E-state index contributed by atoms with van der Waals surface area (Å²) < 4.78 is 20.6. The molecule has 8 nitrogen and oxygen atoms in total. The van der Waals surface area contributed by atoms with E-state index in [0.29, 0.717) is 22.3 Å². The third kappa shape index (κ3) is 4.38. The number of fused-ring (bicyclic) bond motifs is 1. The minimum atomic E-state index is -0.441. The fourth-order valence-corrected chi connectivity index (χ4v) is 4.06. The van der Waals surface area contributed by atoms with Gasteiger partial charge in [-0.2, -0.15) is 4.98 Å². The fourth-order valence-electron chi connectivity index (χ4n) is 4.06. The average Bonchev–Trinajstić information content (AvgIpc) is 3.33. The van der Waals surface area contributed by atoms with Crippen molar-refractivity contribution in [3.05, 3.63) is 93.7 Å². The van der Waals surface area contributed by atoms with Crippen molar-refractivity contribution in [3.63, 3.8) is 0 Å². The number of halogens is 1. The molecule has 3 heterocycles. The molecule has 0 bridgehead atoms. The quantitative estimate of drug-likeness (QED) is 0.385. The number of aryl methyl sites for hydroxylation is 3. The van der Waals surface area contributed by atoms with Gasteiger partial charge in [0.15, 0.2) is 0 Å². The van der Waals surface area contributed by atoms with Gasteiger partial charge in [-0.3, -0.25) is 9.59 Å². The Bertz CT molecular complexity index is 1670. The van der Waals surface area contributed by atoms with E-state index in [-0.39, 0.29) is 35.2 Å². The molecule has 0 aliphatic heterocycles. The zero-order valence-electron chi connectivity index (χ0n) is 19.9. The molecule has 0 aliphatic carbocycles. The molecule has 36 heavy (non-hydrogen) atoms. The Balaban J connectivity index is 1.57. The number of carbonyl (C=O) groups excluding carboxylic acids is 1. The van der Waals surface area contributed by atoms with Gasteiger partial charge in [0, 0.05) is 23.1 Å². The average molecular weight is 484 g/mol. The van der Waals surface area contributed by atoms with Gasteiger partial charge in [-0.05, 0) is 56.2 Å². The molecule has 9 heteroatoms. The first-order chi connectivity index (χ1) is 17.3. The van der Waals surface area contributed by atoms with E-state index in [1.165, 1.54) is 24.4 Å². The molecule has 0 saturated carbocycles. The van der Waals surface area contributed by atoms with E-state index in [2.05, 4.69) is 20.4 Å². The maximum atomic E-state index is 13.6. The molecular weight excluding hydrogens is 461 g/mol. The van der Waals surface area contributed by atoms with Gasteiger partial charge in [-0.25, -0.2) is 9.37 Å². The number of amides is 1. The Morgan fingerprint density at radius 3 is 2.53 bits per heavy atom. The predicted octanol–water partition coefficient (Wildman–Crippen LogP) is 4.82. The highest BCUT2D eigenvalue weighted by molar-refractivity contribution is 5.93. The van der Waals surface area contributed by atoms with E-state index in [1.807, 2.05) is 39.0 Å². The van der Waals surface area contributed by atoms with E-state index >= 15 is 0 Å². The first-order valence-corrected chi connectivity index (χ1v) is 11.3. The molecule has 5 rings (SSSR count). The molecule has 1 N–H and O–H groups in total. The molecule has 0 aliphatic rings. The number of nitrogens with zero attached hydrogens (tertiary/aromatic N) is 4. The normalized spacial score (nSPS) is 11.1. The molecule has 1 amide bonds. The van der Waals surface area contributed by atoms with Crippen LogP contribution >= 0.6 is 0 Å². The maximum absolute atomic E-state index is 13.6. The van der Waals surface area contributed by atoms with Crippen LogP contribution in [0, 0.1) is 26.6 Å². The number of benzene rings is 2. The second-order valence-electron chi connectivity index (χ2n) is 8.57. The van der Waals surface area contributed by atoms with Gasteiger partial charge in [0.1, 0.15) is 23.6 Å². The van der Waals surface area contributed by atoms with Crippen molar-refractivity contribution in [3.8, 4) is 22.8 Å². The molecule has 180 valence electrons. The summed E-state index contributed by atoms with van der Waals surface area (Å²) in [6.07, 6.45) is 1.49. The van der Waals surface area contributed by atoms with Gasteiger partial charge in [0.2, 0.25) is 17.2 Å². The summed E-state index contributed by atoms with van der Waals surface area (Å²) >= 11 is 0. The van der Waals surface area contributed by atoms with E-state index < -0.39 is 5.82 Å². The number of hydrogen-bond acceptors (Lipinski definition) is 6. The lowest BCUT2D eigenvalue weighted by molar-refractivity contribution is -0.116. The van der Waals surface area contributed by atoms with Crippen molar-refractivity contribution in [2.75, 3.05) is 5.32 Å². The Morgan fingerprint density at radius 2 is 1.78 bits per heavy atom. The highest BCUT2D eigenvalue weighted by Crippen LogP contribution is 2.23. The summed E-state index contributed by atoms with van der Waals surface area (Å²) in [6, 6.07) is 14.9. The Kier molecular flexibility index (Phi) is 5.89. The number of anilines is 1. The number of rotatable bonds is 5. The van der Waals surface area contributed by atoms with Crippen molar-refractivity contribution in [2.24, 2.45) is 0 Å². The lowest BCUT2D eigenvalue weighted by Crippen LogP contribution is -2.22. The highest BCUT2D eigenvalue weighted by atomic mass is 19.1. The molecule has 0 unspecified atom stereocenters. The molecule has 0 saturated heterocycles. The monoisotopic (exact) mass is 483 g/mol. The molecule has 0 atom stereocenters. The number of carbonyl (C=O) groups is 1. The zero-order valence-corrected chi connectivity index (χ0v) is 19.9. The van der Waals surface area contributed by atoms with Crippen LogP contribution in [0.5, 0.6) is 0 Å². The molecular formula is C27H22FN5O3. The number of aromatic nitrogens is 4. The highest BCUT2D eigenvalue weighted by Gasteiger charge is 2.19. The lowest BCUT2D eigenvalue weighted by atomic mass is 10.1. The molecule has 3 aromatic heterocycles. The van der Waals surface area contributed by atoms with Crippen molar-refractivity contribution < 1.29 is 13.7 Å². The molecule has 0 fully saturated rings. The Morgan fingerprint density at radius 1 is 1.03 bits per heavy atom. The van der Waals surface area contributed by atoms with Crippen LogP contribution in [-0.2, 0) is 11.3 Å². The number of nitrogens with one attached hydrogen (secondary N) is 1. The minimum Gasteiger partial charge on any atom is -0.333 e. The first-order valence-electron chi connectivity index (χ1n) is 11.3. The Labute approximate surface area is 205 Å². The topological polar surface area (TPSA) is 103 Å². The molecule has 0 spiro atoms. The van der Waals surface area contributed by atoms with Crippen molar-refractivity contribution >= 4 is 22.6 Å². The fraction of sp³-hybridized carbons (Fsp3) is 0.148. The van der Waals surface area contributed by atoms with Crippen LogP contribution in [0.15, 0.2) is 70.1 Å². The number of pyridine rings is 2. The number of hydrogen-bond donors (Lipinski definition) is 1. The van der Waals surface area contributed by atoms with Crippen LogP contribution in [0.2, 0.25) is 0 Å². The van der Waals surface area contributed by atoms with Crippen LogP contribution < -0.4 is 10.7 Å². The van der Waals surface area contributed by atoms with Gasteiger partial charge >= 0.3 is 0 Å². The second-order valence-corrected chi connectivity index (χ2v) is 8.57. The smallest absolute Gasteiger partial charge is 0.263 e. The van der Waals surface area contributed by atoms with E-state index in [1.54, 1.807) is 22.8 Å². The van der Waals surface area contributed by atoms with Crippen molar-refractivity contribution in [2.45, 2.75) is 27.3 Å². The second kappa shape index (κ2) is 9.18. The summed E-state index contributed by atoms with van der Waals surface area (Å²) in [5, 5.41) is 7.18. The van der Waals surface area contributed by atoms with E-state index in [9.17, 15) is 14.0 Å². The first kappa shape index (κ1) is 23.1. The van der Waals surface area contributed by atoms with Crippen molar-refractivity contribution in [1.82, 2.24) is 19.7 Å². The standard InChI is InChI=1S/C27H22FN5O3/c1-15-6-4-7-16(2)23(15)30-22(34)14-33-13-21(24(35)20-11-10-17(3)29-26(20)33)27-31-25(32-36-27)18-8-5-9-19(28)12-18/h4-13H,14H2,1-3H3,(H,30,34). The molecule has 2 aromatic carbocycles. The zero-order chi connectivity index (χ0) is 25.4. The van der Waals surface area contributed by atoms with Crippen LogP contribution in [0.25, 0.3) is 33.9 Å². The predicted molar refractivity (Wildman–Crippen MR) is 134 cm³/mol. The van der Waals surface area contributed by atoms with Gasteiger partial charge in [0.05, 0.1) is 5.39 Å². The maximum Gasteiger partial charge on any atom is 0.263 e. The largest absolute Gasteiger partial charge is 0.333 e. The van der Waals surface area contributed by atoms with Crippen LogP contribution in [0.4, 0.5) is 10.1 Å². The summed E-state index contributed by atoms with van der Waals surface area (Å²) in [5.41, 5.74) is 3.86. The Hall–Kier alpha value is -4.66. The molecule has 5 aromatic rings. The van der Waals surface area contributed by atoms with Crippen LogP contribution in [0.1, 0.15) is 16.8 Å². The summed E-state index contributed by atoms with van der Waals surface area (Å²) in [6.45, 7) is 5.55. The van der Waals surface area contributed by atoms with Gasteiger partial charge in [0.25, 0.3) is 5.89 Å². The minimum absolute atomic E-state index is 0.0364. The summed E-state index contributed by atoms with van der Waals surface area (Å²) in [7, 11) is 0. The third-order valence-corrected chi connectivity index (χ3v) is 5.86. The SMILES string of the molecule is Cc1ccc2c(=O)c(-c3nc(-c4cccc(F)c4)no3)cn(CC(=O)Nc3c(C)cccc3C)c2n1. The van der Waals surface area contributed by atoms with Gasteiger partial charge < -0.3 is 14.4 Å². The third-order valence-electron chi connectivity index (χ3n) is 5.86. The lowest BCUT2D eigenvalue weighted by Gasteiger charge is -2.14. The van der Waals surface area contributed by atoms with Gasteiger partial charge in [-0.15, -0.1) is 0 Å². The number of para-hydroxylation sites is 1. The van der Waals surface area contributed by atoms with Crippen molar-refractivity contribution in [1.29, 1.82) is 0 Å². The van der Waals surface area contributed by atoms with Gasteiger partial charge in [-0.1, -0.05) is 35.5 Å². The van der Waals surface area contributed by atoms with E-state index in [4.69, 9.17) is 4.52 Å². The summed E-state index contributed by atoms with van der Waals surface area (Å²) in [5.74, 6) is -0.614. The van der Waals surface area contributed by atoms with Crippen LogP contribution in [-0.4, -0.2) is 25.6 Å². The molecule has 0 radical (unpaired) electrons.